The third-order valence-corrected chi connectivity index (χ3v) is 10.0. The third-order valence-electron chi connectivity index (χ3n) is 10.0. The van der Waals surface area contributed by atoms with E-state index < -0.39 is 23.5 Å². The minimum atomic E-state index is -0.479. The Morgan fingerprint density at radius 1 is 0.367 bits per heavy atom. The Morgan fingerprint density at radius 2 is 0.837 bits per heavy atom. The minimum absolute atomic E-state index is 0.0327. The Morgan fingerprint density at radius 3 is 1.47 bits per heavy atom. The topological polar surface area (TPSA) is 25.8 Å². The molecule has 0 saturated carbocycles. The van der Waals surface area contributed by atoms with Gasteiger partial charge in [-0.2, -0.15) is 0 Å². The summed E-state index contributed by atoms with van der Waals surface area (Å²) in [5.74, 6) is 0.0719. The van der Waals surface area contributed by atoms with Gasteiger partial charge in [-0.25, -0.2) is 9.97 Å². The fraction of sp³-hybridized carbons (Fsp3) is 0.0213. The van der Waals surface area contributed by atoms with Crippen molar-refractivity contribution in [3.05, 3.63) is 204 Å². The number of rotatable bonds is 4. The van der Waals surface area contributed by atoms with E-state index in [1.54, 1.807) is 0 Å². The van der Waals surface area contributed by atoms with Gasteiger partial charge in [0.25, 0.3) is 0 Å². The monoisotopic (exact) mass is 627 g/mol. The highest BCUT2D eigenvalue weighted by Crippen LogP contribution is 2.62. The van der Waals surface area contributed by atoms with E-state index in [9.17, 15) is 0 Å². The summed E-state index contributed by atoms with van der Waals surface area (Å²) in [4.78, 5) is 9.83. The first kappa shape index (κ1) is 23.0. The van der Waals surface area contributed by atoms with Crippen molar-refractivity contribution in [3.63, 3.8) is 0 Å². The molecule has 2 aliphatic carbocycles. The maximum atomic E-state index is 8.79. The molecule has 0 radical (unpaired) electrons. The molecule has 0 amide bonds. The largest absolute Gasteiger partial charge is 0.228 e. The lowest BCUT2D eigenvalue weighted by Gasteiger charge is -2.30. The molecule has 1 spiro atoms. The van der Waals surface area contributed by atoms with Crippen LogP contribution in [-0.2, 0) is 5.41 Å². The molecule has 0 N–H and O–H groups in total. The molecule has 228 valence electrons. The summed E-state index contributed by atoms with van der Waals surface area (Å²) >= 11 is 0. The molecule has 2 aliphatic rings. The average Bonchev–Trinajstić information content (AvgIpc) is 3.70. The predicted octanol–water partition coefficient (Wildman–Crippen LogP) is 11.5. The van der Waals surface area contributed by atoms with Crippen LogP contribution in [0.1, 0.15) is 29.1 Å². The number of hydrogen-bond acceptors (Lipinski definition) is 2. The highest BCUT2D eigenvalue weighted by atomic mass is 14.9. The zero-order valence-corrected chi connectivity index (χ0v) is 26.3. The van der Waals surface area contributed by atoms with Gasteiger partial charge in [0.1, 0.15) is 0 Å². The molecule has 0 atom stereocenters. The van der Waals surface area contributed by atoms with Gasteiger partial charge in [0.15, 0.2) is 5.82 Å². The zero-order valence-electron chi connectivity index (χ0n) is 31.3. The Balaban J connectivity index is 1.19. The number of nitrogens with zero attached hydrogens (tertiary/aromatic N) is 2. The van der Waals surface area contributed by atoms with Crippen LogP contribution in [0.5, 0.6) is 0 Å². The van der Waals surface area contributed by atoms with Crippen LogP contribution in [0.2, 0.25) is 0 Å². The van der Waals surface area contributed by atoms with Crippen LogP contribution in [0.15, 0.2) is 182 Å². The summed E-state index contributed by atoms with van der Waals surface area (Å²) in [6.45, 7) is 0. The van der Waals surface area contributed by atoms with E-state index in [0.29, 0.717) is 11.4 Å². The molecule has 2 nitrogen and oxygen atoms in total. The normalized spacial score (nSPS) is 14.5. The molecule has 8 aromatic rings. The van der Waals surface area contributed by atoms with Gasteiger partial charge < -0.3 is 0 Å². The van der Waals surface area contributed by atoms with Crippen molar-refractivity contribution in [2.75, 3.05) is 0 Å². The molecule has 0 unspecified atom stereocenters. The van der Waals surface area contributed by atoms with Crippen LogP contribution in [0.25, 0.3) is 67.3 Å². The van der Waals surface area contributed by atoms with E-state index in [1.165, 1.54) is 33.4 Å². The quantitative estimate of drug-likeness (QED) is 0.194. The second kappa shape index (κ2) is 10.8. The zero-order chi connectivity index (χ0) is 36.7. The van der Waals surface area contributed by atoms with Crippen LogP contribution in [0.4, 0.5) is 0 Å². The molecule has 49 heavy (non-hydrogen) atoms. The summed E-state index contributed by atoms with van der Waals surface area (Å²) in [6.07, 6.45) is 0. The van der Waals surface area contributed by atoms with E-state index in [4.69, 9.17) is 16.8 Å². The summed E-state index contributed by atoms with van der Waals surface area (Å²) < 4.78 is 42.6. The molecule has 0 fully saturated rings. The van der Waals surface area contributed by atoms with Gasteiger partial charge in [0, 0.05) is 16.7 Å². The van der Waals surface area contributed by atoms with Gasteiger partial charge in [-0.05, 0) is 67.8 Å². The van der Waals surface area contributed by atoms with Crippen molar-refractivity contribution in [3.8, 4) is 67.3 Å². The van der Waals surface area contributed by atoms with E-state index in [1.807, 2.05) is 48.5 Å². The maximum absolute atomic E-state index is 8.79. The third kappa shape index (κ3) is 4.14. The molecule has 10 rings (SSSR count). The highest BCUT2D eigenvalue weighted by Gasteiger charge is 2.51. The van der Waals surface area contributed by atoms with Crippen LogP contribution in [-0.4, -0.2) is 9.97 Å². The van der Waals surface area contributed by atoms with E-state index in [-0.39, 0.29) is 23.5 Å². The first-order chi connectivity index (χ1) is 26.4. The first-order valence-electron chi connectivity index (χ1n) is 18.9. The van der Waals surface area contributed by atoms with E-state index >= 15 is 0 Å². The predicted molar refractivity (Wildman–Crippen MR) is 200 cm³/mol. The second-order valence-corrected chi connectivity index (χ2v) is 12.6. The van der Waals surface area contributed by atoms with E-state index in [2.05, 4.69) is 103 Å². The average molecular weight is 628 g/mol. The van der Waals surface area contributed by atoms with Crippen molar-refractivity contribution in [2.45, 2.75) is 5.41 Å². The van der Waals surface area contributed by atoms with Crippen LogP contribution < -0.4 is 0 Å². The molecule has 1 heterocycles. The summed E-state index contributed by atoms with van der Waals surface area (Å²) in [7, 11) is 0. The molecular formula is C47H30N2. The van der Waals surface area contributed by atoms with Crippen LogP contribution in [0, 0.1) is 0 Å². The molecule has 0 aliphatic heterocycles. The van der Waals surface area contributed by atoms with Crippen molar-refractivity contribution in [1.29, 1.82) is 0 Å². The van der Waals surface area contributed by atoms with Crippen molar-refractivity contribution >= 4 is 0 Å². The van der Waals surface area contributed by atoms with Crippen LogP contribution >= 0.6 is 0 Å². The van der Waals surface area contributed by atoms with Gasteiger partial charge in [-0.1, -0.05) is 170 Å². The fourth-order valence-corrected chi connectivity index (χ4v) is 7.94. The fourth-order valence-electron chi connectivity index (χ4n) is 7.94. The Bertz CT molecular complexity index is 2760. The lowest BCUT2D eigenvalue weighted by molar-refractivity contribution is 0.794. The molecule has 7 aromatic carbocycles. The van der Waals surface area contributed by atoms with Gasteiger partial charge in [-0.15, -0.1) is 0 Å². The first-order valence-corrected chi connectivity index (χ1v) is 16.4. The van der Waals surface area contributed by atoms with Crippen LogP contribution in [0.3, 0.4) is 0 Å². The smallest absolute Gasteiger partial charge is 0.160 e. The Hall–Kier alpha value is -6.38. The standard InChI is InChI=1S/C47H30N2/c1-3-13-31(14-4-1)32-23-25-33(26-24-32)44-30-45(49-46(48-44)34-15-5-2-6-16-34)35-27-28-43-39(29-35)38-19-9-12-22-42(38)47(43)40-20-10-7-17-36(40)37-18-8-11-21-41(37)47/h1-30H/i2D,5D,6D,15D,16D. The SMILES string of the molecule is [2H]c1c([2H])c([2H])c(-c2nc(-c3ccc(-c4ccccc4)cc3)cc(-c3ccc4c(c3)-c3ccccc3C43c4ccccc4-c4ccccc43)n2)c([2H])c1[2H]. The number of fused-ring (bicyclic) bond motifs is 10. The van der Waals surface area contributed by atoms with Crippen molar-refractivity contribution in [1.82, 2.24) is 9.97 Å². The molecule has 2 heteroatoms. The minimum Gasteiger partial charge on any atom is -0.228 e. The van der Waals surface area contributed by atoms with Crippen molar-refractivity contribution in [2.24, 2.45) is 0 Å². The van der Waals surface area contributed by atoms with Gasteiger partial charge in [-0.3, -0.25) is 0 Å². The van der Waals surface area contributed by atoms with Gasteiger partial charge >= 0.3 is 0 Å². The summed E-state index contributed by atoms with van der Waals surface area (Å²) in [6, 6.07) is 50.6. The lowest BCUT2D eigenvalue weighted by atomic mass is 9.70. The molecule has 0 bridgehead atoms. The summed E-state index contributed by atoms with van der Waals surface area (Å²) in [5.41, 5.74) is 14.1. The second-order valence-electron chi connectivity index (χ2n) is 12.6. The maximum Gasteiger partial charge on any atom is 0.160 e. The van der Waals surface area contributed by atoms with Gasteiger partial charge in [0.2, 0.25) is 0 Å². The van der Waals surface area contributed by atoms with Gasteiger partial charge in [0.05, 0.1) is 23.7 Å². The molecule has 1 aromatic heterocycles. The molecular weight excluding hydrogens is 593 g/mol. The van der Waals surface area contributed by atoms with Crippen molar-refractivity contribution < 1.29 is 6.85 Å². The number of aromatic nitrogens is 2. The Labute approximate surface area is 293 Å². The molecule has 0 saturated heterocycles. The number of benzene rings is 7. The Kier molecular flexibility index (Phi) is 5.09. The summed E-state index contributed by atoms with van der Waals surface area (Å²) in [5, 5.41) is 0. The lowest BCUT2D eigenvalue weighted by Crippen LogP contribution is -2.25. The van der Waals surface area contributed by atoms with E-state index in [0.717, 1.165) is 33.4 Å². The number of hydrogen-bond donors (Lipinski definition) is 0. The highest BCUT2D eigenvalue weighted by molar-refractivity contribution is 5.96.